The molecule has 0 bridgehead atoms. The second-order valence-corrected chi connectivity index (χ2v) is 6.77. The van der Waals surface area contributed by atoms with Crippen LogP contribution >= 0.6 is 0 Å². The quantitative estimate of drug-likeness (QED) is 0.495. The van der Waals surface area contributed by atoms with Gasteiger partial charge in [-0.3, -0.25) is 9.89 Å². The van der Waals surface area contributed by atoms with Crippen molar-refractivity contribution in [2.45, 2.75) is 32.5 Å². The number of carbonyl (C=O) groups is 1. The van der Waals surface area contributed by atoms with E-state index in [9.17, 15) is 18.0 Å². The standard InChI is InChI=1S/C22H22F3N3O2/c1-2-3-11-30-18-9-7-16(8-10-18)19-13-20(28-27-19)21(29)26-14-15-5-4-6-17(12-15)22(23,24)25/h4-10,12-13H,2-3,11,14H2,1H3,(H,26,29)(H,27,28). The highest BCUT2D eigenvalue weighted by molar-refractivity contribution is 5.93. The minimum atomic E-state index is -4.42. The van der Waals surface area contributed by atoms with Crippen molar-refractivity contribution < 1.29 is 22.7 Å². The fourth-order valence-electron chi connectivity index (χ4n) is 2.78. The van der Waals surface area contributed by atoms with Gasteiger partial charge in [0.15, 0.2) is 0 Å². The van der Waals surface area contributed by atoms with E-state index in [-0.39, 0.29) is 12.2 Å². The number of alkyl halides is 3. The molecule has 8 heteroatoms. The van der Waals surface area contributed by atoms with Crippen LogP contribution in [0.1, 0.15) is 41.4 Å². The number of aromatic nitrogens is 2. The number of aromatic amines is 1. The van der Waals surface area contributed by atoms with Crippen molar-refractivity contribution in [2.24, 2.45) is 0 Å². The van der Waals surface area contributed by atoms with Gasteiger partial charge in [0, 0.05) is 12.1 Å². The molecule has 0 atom stereocenters. The number of hydrogen-bond acceptors (Lipinski definition) is 3. The van der Waals surface area contributed by atoms with Crippen LogP contribution in [0.15, 0.2) is 54.6 Å². The van der Waals surface area contributed by atoms with E-state index in [1.54, 1.807) is 6.07 Å². The molecule has 0 unspecified atom stereocenters. The Balaban J connectivity index is 1.60. The fraction of sp³-hybridized carbons (Fsp3) is 0.273. The number of rotatable bonds is 8. The SMILES string of the molecule is CCCCOc1ccc(-c2cc(C(=O)NCc3cccc(C(F)(F)F)c3)[nH]n2)cc1. The summed E-state index contributed by atoms with van der Waals surface area (Å²) in [7, 11) is 0. The first-order valence-electron chi connectivity index (χ1n) is 9.60. The summed E-state index contributed by atoms with van der Waals surface area (Å²) in [5.41, 5.74) is 1.22. The molecule has 1 heterocycles. The van der Waals surface area contributed by atoms with Gasteiger partial charge < -0.3 is 10.1 Å². The van der Waals surface area contributed by atoms with Gasteiger partial charge in [0.2, 0.25) is 0 Å². The number of carbonyl (C=O) groups excluding carboxylic acids is 1. The highest BCUT2D eigenvalue weighted by Gasteiger charge is 2.30. The molecule has 0 saturated heterocycles. The van der Waals surface area contributed by atoms with Crippen LogP contribution < -0.4 is 10.1 Å². The average molecular weight is 417 g/mol. The van der Waals surface area contributed by atoms with Gasteiger partial charge in [0.25, 0.3) is 5.91 Å². The minimum Gasteiger partial charge on any atom is -0.494 e. The number of ether oxygens (including phenoxy) is 1. The van der Waals surface area contributed by atoms with Crippen molar-refractivity contribution >= 4 is 5.91 Å². The van der Waals surface area contributed by atoms with E-state index in [1.807, 2.05) is 24.3 Å². The van der Waals surface area contributed by atoms with Crippen LogP contribution in [0, 0.1) is 0 Å². The molecule has 0 aliphatic carbocycles. The fourth-order valence-corrected chi connectivity index (χ4v) is 2.78. The van der Waals surface area contributed by atoms with Crippen LogP contribution in [0.5, 0.6) is 5.75 Å². The van der Waals surface area contributed by atoms with Crippen molar-refractivity contribution in [1.82, 2.24) is 15.5 Å². The second kappa shape index (κ2) is 9.47. The number of unbranched alkanes of at least 4 members (excludes halogenated alkanes) is 1. The number of nitrogens with one attached hydrogen (secondary N) is 2. The molecule has 0 aliphatic heterocycles. The molecule has 2 N–H and O–H groups in total. The summed E-state index contributed by atoms with van der Waals surface area (Å²) < 4.78 is 44.0. The third-order valence-corrected chi connectivity index (χ3v) is 4.45. The Hall–Kier alpha value is -3.29. The molecule has 0 aliphatic rings. The summed E-state index contributed by atoms with van der Waals surface area (Å²) in [6.07, 6.45) is -2.38. The summed E-state index contributed by atoms with van der Waals surface area (Å²) >= 11 is 0. The van der Waals surface area contributed by atoms with Crippen molar-refractivity contribution in [1.29, 1.82) is 0 Å². The van der Waals surface area contributed by atoms with E-state index in [4.69, 9.17) is 4.74 Å². The van der Waals surface area contributed by atoms with Gasteiger partial charge in [-0.1, -0.05) is 25.5 Å². The Morgan fingerprint density at radius 2 is 1.90 bits per heavy atom. The smallest absolute Gasteiger partial charge is 0.416 e. The van der Waals surface area contributed by atoms with Crippen molar-refractivity contribution in [3.8, 4) is 17.0 Å². The third-order valence-electron chi connectivity index (χ3n) is 4.45. The predicted molar refractivity (Wildman–Crippen MR) is 107 cm³/mol. The van der Waals surface area contributed by atoms with Gasteiger partial charge in [0.1, 0.15) is 11.4 Å². The molecule has 0 spiro atoms. The normalized spacial score (nSPS) is 11.3. The lowest BCUT2D eigenvalue weighted by atomic mass is 10.1. The monoisotopic (exact) mass is 417 g/mol. The van der Waals surface area contributed by atoms with E-state index >= 15 is 0 Å². The highest BCUT2D eigenvalue weighted by atomic mass is 19.4. The lowest BCUT2D eigenvalue weighted by Gasteiger charge is -2.09. The van der Waals surface area contributed by atoms with Gasteiger partial charge in [-0.05, 0) is 54.4 Å². The topological polar surface area (TPSA) is 67.0 Å². The van der Waals surface area contributed by atoms with Crippen LogP contribution in [-0.2, 0) is 12.7 Å². The van der Waals surface area contributed by atoms with Crippen molar-refractivity contribution in [3.05, 3.63) is 71.4 Å². The van der Waals surface area contributed by atoms with Gasteiger partial charge in [-0.25, -0.2) is 0 Å². The third kappa shape index (κ3) is 5.62. The van der Waals surface area contributed by atoms with E-state index in [1.165, 1.54) is 12.1 Å². The summed E-state index contributed by atoms with van der Waals surface area (Å²) in [4.78, 5) is 12.3. The van der Waals surface area contributed by atoms with Crippen molar-refractivity contribution in [3.63, 3.8) is 0 Å². The first-order valence-corrected chi connectivity index (χ1v) is 9.60. The zero-order valence-corrected chi connectivity index (χ0v) is 16.4. The van der Waals surface area contributed by atoms with E-state index in [0.717, 1.165) is 36.3 Å². The summed E-state index contributed by atoms with van der Waals surface area (Å²) in [5.74, 6) is 0.312. The number of hydrogen-bond donors (Lipinski definition) is 2. The Morgan fingerprint density at radius 3 is 2.60 bits per heavy atom. The summed E-state index contributed by atoms with van der Waals surface area (Å²) in [6.45, 7) is 2.73. The molecule has 0 fully saturated rings. The molecule has 30 heavy (non-hydrogen) atoms. The number of H-pyrrole nitrogens is 1. The molecular weight excluding hydrogens is 395 g/mol. The predicted octanol–water partition coefficient (Wildman–Crippen LogP) is 5.20. The molecule has 1 amide bonds. The van der Waals surface area contributed by atoms with E-state index < -0.39 is 17.6 Å². The Morgan fingerprint density at radius 1 is 1.13 bits per heavy atom. The Labute approximate surface area is 172 Å². The van der Waals surface area contributed by atoms with Gasteiger partial charge in [-0.15, -0.1) is 0 Å². The van der Waals surface area contributed by atoms with Crippen LogP contribution in [-0.4, -0.2) is 22.7 Å². The van der Waals surface area contributed by atoms with Crippen LogP contribution in [0.3, 0.4) is 0 Å². The van der Waals surface area contributed by atoms with Gasteiger partial charge in [-0.2, -0.15) is 18.3 Å². The molecule has 3 aromatic rings. The molecule has 0 saturated carbocycles. The summed E-state index contributed by atoms with van der Waals surface area (Å²) in [5, 5.41) is 9.40. The number of benzene rings is 2. The van der Waals surface area contributed by atoms with E-state index in [0.29, 0.717) is 17.9 Å². The maximum absolute atomic E-state index is 12.8. The molecular formula is C22H22F3N3O2. The maximum Gasteiger partial charge on any atom is 0.416 e. The molecule has 0 radical (unpaired) electrons. The van der Waals surface area contributed by atoms with Gasteiger partial charge in [0.05, 0.1) is 17.9 Å². The maximum atomic E-state index is 12.8. The average Bonchev–Trinajstić information content (AvgIpc) is 3.23. The molecule has 158 valence electrons. The van der Waals surface area contributed by atoms with Crippen LogP contribution in [0.2, 0.25) is 0 Å². The lowest BCUT2D eigenvalue weighted by molar-refractivity contribution is -0.137. The lowest BCUT2D eigenvalue weighted by Crippen LogP contribution is -2.23. The van der Waals surface area contributed by atoms with Gasteiger partial charge >= 0.3 is 6.18 Å². The Bertz CT molecular complexity index is 982. The number of halogens is 3. The van der Waals surface area contributed by atoms with Crippen LogP contribution in [0.25, 0.3) is 11.3 Å². The Kier molecular flexibility index (Phi) is 6.76. The largest absolute Gasteiger partial charge is 0.494 e. The number of amides is 1. The van der Waals surface area contributed by atoms with Crippen molar-refractivity contribution in [2.75, 3.05) is 6.61 Å². The molecule has 1 aromatic heterocycles. The first kappa shape index (κ1) is 21.4. The summed E-state index contributed by atoms with van der Waals surface area (Å²) in [6, 6.07) is 13.8. The zero-order chi connectivity index (χ0) is 21.6. The zero-order valence-electron chi connectivity index (χ0n) is 16.4. The second-order valence-electron chi connectivity index (χ2n) is 6.77. The van der Waals surface area contributed by atoms with Crippen LogP contribution in [0.4, 0.5) is 13.2 Å². The molecule has 2 aromatic carbocycles. The highest BCUT2D eigenvalue weighted by Crippen LogP contribution is 2.29. The number of nitrogens with zero attached hydrogens (tertiary/aromatic N) is 1. The first-order chi connectivity index (χ1) is 14.4. The van der Waals surface area contributed by atoms with E-state index in [2.05, 4.69) is 22.4 Å². The minimum absolute atomic E-state index is 0.0269. The molecule has 3 rings (SSSR count). The molecule has 5 nitrogen and oxygen atoms in total.